The van der Waals surface area contributed by atoms with Crippen LogP contribution in [0.2, 0.25) is 5.15 Å². The van der Waals surface area contributed by atoms with Crippen molar-refractivity contribution >= 4 is 38.9 Å². The van der Waals surface area contributed by atoms with Crippen LogP contribution in [-0.4, -0.2) is 9.97 Å². The molecule has 2 heterocycles. The van der Waals surface area contributed by atoms with Crippen LogP contribution in [-0.2, 0) is 0 Å². The summed E-state index contributed by atoms with van der Waals surface area (Å²) >= 11 is 11.4. The molecule has 0 unspecified atom stereocenters. The van der Waals surface area contributed by atoms with E-state index < -0.39 is 0 Å². The molecule has 100 valence electrons. The predicted octanol–water partition coefficient (Wildman–Crippen LogP) is 5.60. The van der Waals surface area contributed by atoms with Crippen molar-refractivity contribution < 1.29 is 0 Å². The van der Waals surface area contributed by atoms with E-state index in [0.29, 0.717) is 11.0 Å². The van der Waals surface area contributed by atoms with E-state index in [4.69, 9.17) is 11.6 Å². The molecule has 0 atom stereocenters. The van der Waals surface area contributed by atoms with E-state index >= 15 is 0 Å². The van der Waals surface area contributed by atoms with Gasteiger partial charge < -0.3 is 0 Å². The van der Waals surface area contributed by atoms with Crippen molar-refractivity contribution in [3.63, 3.8) is 0 Å². The molecule has 3 aromatic rings. The standard InChI is InChI=1S/C15H10BrClN2S/c1-9-7-20-8-11(9)15-18-13(12(16)14(17)19-15)10-5-3-2-4-6-10/h2-8H,1H3. The molecule has 0 fully saturated rings. The van der Waals surface area contributed by atoms with Crippen LogP contribution < -0.4 is 0 Å². The summed E-state index contributed by atoms with van der Waals surface area (Å²) in [7, 11) is 0. The molecular weight excluding hydrogens is 356 g/mol. The van der Waals surface area contributed by atoms with Gasteiger partial charge in [0.15, 0.2) is 5.82 Å². The van der Waals surface area contributed by atoms with Crippen molar-refractivity contribution in [2.75, 3.05) is 0 Å². The Kier molecular flexibility index (Phi) is 3.87. The molecule has 0 spiro atoms. The van der Waals surface area contributed by atoms with E-state index in [1.54, 1.807) is 11.3 Å². The molecule has 0 aliphatic rings. The molecule has 0 aliphatic heterocycles. The summed E-state index contributed by atoms with van der Waals surface area (Å²) in [5.41, 5.74) is 4.01. The van der Waals surface area contributed by atoms with Crippen LogP contribution in [0.25, 0.3) is 22.6 Å². The minimum atomic E-state index is 0.430. The highest BCUT2D eigenvalue weighted by Gasteiger charge is 2.15. The van der Waals surface area contributed by atoms with Gasteiger partial charge in [-0.2, -0.15) is 11.3 Å². The maximum absolute atomic E-state index is 6.24. The summed E-state index contributed by atoms with van der Waals surface area (Å²) in [6.45, 7) is 2.05. The van der Waals surface area contributed by atoms with Gasteiger partial charge in [-0.05, 0) is 33.8 Å². The molecule has 2 aromatic heterocycles. The fourth-order valence-electron chi connectivity index (χ4n) is 1.92. The number of thiophene rings is 1. The Morgan fingerprint density at radius 1 is 1.10 bits per heavy atom. The normalized spacial score (nSPS) is 10.8. The number of aromatic nitrogens is 2. The monoisotopic (exact) mass is 364 g/mol. The summed E-state index contributed by atoms with van der Waals surface area (Å²) in [5, 5.41) is 4.56. The van der Waals surface area contributed by atoms with Crippen LogP contribution >= 0.6 is 38.9 Å². The Balaban J connectivity index is 2.21. The zero-order chi connectivity index (χ0) is 14.1. The largest absolute Gasteiger partial charge is 0.227 e. The average Bonchev–Trinajstić information content (AvgIpc) is 2.89. The number of nitrogens with zero attached hydrogens (tertiary/aromatic N) is 2. The second-order valence-corrected chi connectivity index (χ2v) is 6.23. The summed E-state index contributed by atoms with van der Waals surface area (Å²) in [4.78, 5) is 9.05. The summed E-state index contributed by atoms with van der Waals surface area (Å²) in [5.74, 6) is 0.663. The van der Waals surface area contributed by atoms with Gasteiger partial charge in [0.2, 0.25) is 0 Å². The highest BCUT2D eigenvalue weighted by atomic mass is 79.9. The number of halogens is 2. The lowest BCUT2D eigenvalue weighted by Gasteiger charge is -2.08. The molecule has 1 aromatic carbocycles. The fourth-order valence-corrected chi connectivity index (χ4v) is 3.32. The maximum Gasteiger partial charge on any atom is 0.162 e. The topological polar surface area (TPSA) is 25.8 Å². The van der Waals surface area contributed by atoms with Crippen molar-refractivity contribution in [3.8, 4) is 22.6 Å². The minimum Gasteiger partial charge on any atom is -0.227 e. The molecule has 20 heavy (non-hydrogen) atoms. The second kappa shape index (κ2) is 5.64. The number of benzene rings is 1. The van der Waals surface area contributed by atoms with Gasteiger partial charge in [-0.1, -0.05) is 41.9 Å². The lowest BCUT2D eigenvalue weighted by Crippen LogP contribution is -1.95. The Hall–Kier alpha value is -1.23. The SMILES string of the molecule is Cc1cscc1-c1nc(Cl)c(Br)c(-c2ccccc2)n1. The van der Waals surface area contributed by atoms with Gasteiger partial charge in [0.1, 0.15) is 5.15 Å². The van der Waals surface area contributed by atoms with Gasteiger partial charge >= 0.3 is 0 Å². The van der Waals surface area contributed by atoms with Crippen LogP contribution in [0.5, 0.6) is 0 Å². The first-order chi connectivity index (χ1) is 9.66. The van der Waals surface area contributed by atoms with Crippen LogP contribution in [0.4, 0.5) is 0 Å². The molecule has 0 aliphatic carbocycles. The van der Waals surface area contributed by atoms with Crippen molar-refractivity contribution in [2.24, 2.45) is 0 Å². The van der Waals surface area contributed by atoms with E-state index in [-0.39, 0.29) is 0 Å². The smallest absolute Gasteiger partial charge is 0.162 e. The van der Waals surface area contributed by atoms with Gasteiger partial charge in [-0.15, -0.1) is 0 Å². The van der Waals surface area contributed by atoms with E-state index in [0.717, 1.165) is 26.9 Å². The average molecular weight is 366 g/mol. The highest BCUT2D eigenvalue weighted by Crippen LogP contribution is 2.34. The van der Waals surface area contributed by atoms with Crippen LogP contribution in [0.3, 0.4) is 0 Å². The molecule has 0 N–H and O–H groups in total. The Bertz CT molecular complexity index is 756. The lowest BCUT2D eigenvalue weighted by atomic mass is 10.1. The molecule has 5 heteroatoms. The summed E-state index contributed by atoms with van der Waals surface area (Å²) < 4.78 is 0.724. The van der Waals surface area contributed by atoms with E-state index in [1.165, 1.54) is 0 Å². The van der Waals surface area contributed by atoms with Gasteiger partial charge in [0.05, 0.1) is 10.2 Å². The molecule has 0 bridgehead atoms. The first-order valence-corrected chi connectivity index (χ1v) is 8.10. The van der Waals surface area contributed by atoms with Gasteiger partial charge in [0.25, 0.3) is 0 Å². The lowest BCUT2D eigenvalue weighted by molar-refractivity contribution is 1.16. The van der Waals surface area contributed by atoms with Crippen molar-refractivity contribution in [1.82, 2.24) is 9.97 Å². The van der Waals surface area contributed by atoms with Crippen molar-refractivity contribution in [3.05, 3.63) is 56.3 Å². The summed E-state index contributed by atoms with van der Waals surface area (Å²) in [6.07, 6.45) is 0. The fraction of sp³-hybridized carbons (Fsp3) is 0.0667. The van der Waals surface area contributed by atoms with Crippen LogP contribution in [0.15, 0.2) is 45.6 Å². The molecule has 0 saturated heterocycles. The minimum absolute atomic E-state index is 0.430. The van der Waals surface area contributed by atoms with Crippen LogP contribution in [0, 0.1) is 6.92 Å². The first kappa shape index (κ1) is 13.7. The number of rotatable bonds is 2. The van der Waals surface area contributed by atoms with Crippen molar-refractivity contribution in [1.29, 1.82) is 0 Å². The number of hydrogen-bond donors (Lipinski definition) is 0. The molecule has 0 amide bonds. The Morgan fingerprint density at radius 2 is 1.85 bits per heavy atom. The Morgan fingerprint density at radius 3 is 2.50 bits per heavy atom. The third-order valence-corrected chi connectivity index (χ3v) is 5.07. The van der Waals surface area contributed by atoms with Gasteiger partial charge in [-0.25, -0.2) is 9.97 Å². The van der Waals surface area contributed by atoms with E-state index in [1.807, 2.05) is 42.6 Å². The third-order valence-electron chi connectivity index (χ3n) is 2.95. The molecule has 2 nitrogen and oxygen atoms in total. The Labute approximate surface area is 134 Å². The van der Waals surface area contributed by atoms with E-state index in [2.05, 4.69) is 31.3 Å². The second-order valence-electron chi connectivity index (χ2n) is 4.34. The molecule has 0 saturated carbocycles. The predicted molar refractivity (Wildman–Crippen MR) is 88.2 cm³/mol. The van der Waals surface area contributed by atoms with Gasteiger partial charge in [0, 0.05) is 16.5 Å². The third kappa shape index (κ3) is 2.51. The van der Waals surface area contributed by atoms with Gasteiger partial charge in [-0.3, -0.25) is 0 Å². The maximum atomic E-state index is 6.24. The molecule has 0 radical (unpaired) electrons. The first-order valence-electron chi connectivity index (χ1n) is 5.98. The quantitative estimate of drug-likeness (QED) is 0.553. The highest BCUT2D eigenvalue weighted by molar-refractivity contribution is 9.10. The zero-order valence-corrected chi connectivity index (χ0v) is 13.8. The van der Waals surface area contributed by atoms with Crippen molar-refractivity contribution in [2.45, 2.75) is 6.92 Å². The molecule has 3 rings (SSSR count). The summed E-state index contributed by atoms with van der Waals surface area (Å²) in [6, 6.07) is 9.95. The number of aryl methyl sites for hydroxylation is 1. The van der Waals surface area contributed by atoms with Crippen LogP contribution in [0.1, 0.15) is 5.56 Å². The van der Waals surface area contributed by atoms with E-state index in [9.17, 15) is 0 Å². The number of hydrogen-bond acceptors (Lipinski definition) is 3. The molecular formula is C15H10BrClN2S. The zero-order valence-electron chi connectivity index (χ0n) is 10.6.